The number of fused-ring (bicyclic) bond motifs is 3. The molecule has 2 aromatic carbocycles. The Hall–Kier alpha value is -3.35. The summed E-state index contributed by atoms with van der Waals surface area (Å²) in [5.41, 5.74) is 3.70. The van der Waals surface area contributed by atoms with Crippen molar-refractivity contribution in [1.82, 2.24) is 10.6 Å². The second kappa shape index (κ2) is 9.36. The Kier molecular flexibility index (Phi) is 6.26. The first-order valence-electron chi connectivity index (χ1n) is 12.5. The highest BCUT2D eigenvalue weighted by Crippen LogP contribution is 2.46. The molecule has 3 aliphatic carbocycles. The minimum absolute atomic E-state index is 0.0120. The summed E-state index contributed by atoms with van der Waals surface area (Å²) >= 11 is 0. The van der Waals surface area contributed by atoms with Crippen molar-refractivity contribution in [2.75, 3.05) is 19.7 Å². The number of amides is 2. The van der Waals surface area contributed by atoms with E-state index in [-0.39, 0.29) is 36.8 Å². The van der Waals surface area contributed by atoms with Gasteiger partial charge in [0, 0.05) is 19.0 Å². The fraction of sp³-hybridized carbons (Fsp3) is 0.464. The molecular formula is C28H32N2O5. The van der Waals surface area contributed by atoms with Crippen LogP contribution in [0.15, 0.2) is 48.5 Å². The summed E-state index contributed by atoms with van der Waals surface area (Å²) in [6.07, 6.45) is 4.54. The number of nitrogens with one attached hydrogen (secondary N) is 2. The highest BCUT2D eigenvalue weighted by Gasteiger charge is 2.46. The number of carboxylic acid groups (broad SMARTS) is 1. The molecule has 0 atom stereocenters. The number of carbonyl (C=O) groups is 3. The Bertz CT molecular complexity index is 1090. The van der Waals surface area contributed by atoms with E-state index in [0.717, 1.165) is 36.8 Å². The fourth-order valence-corrected chi connectivity index (χ4v) is 5.85. The number of rotatable bonds is 9. The SMILES string of the molecule is O=C(O)CC1(CNC(=O)C2(CNC(=O)OCC3c4ccccc4-c4ccccc43)CCC2)CCC1. The third-order valence-electron chi connectivity index (χ3n) is 8.27. The lowest BCUT2D eigenvalue weighted by molar-refractivity contribution is -0.143. The van der Waals surface area contributed by atoms with Crippen LogP contribution in [0, 0.1) is 10.8 Å². The maximum atomic E-state index is 13.0. The smallest absolute Gasteiger partial charge is 0.407 e. The molecule has 2 amide bonds. The molecule has 2 saturated carbocycles. The van der Waals surface area contributed by atoms with Crippen LogP contribution in [0.5, 0.6) is 0 Å². The van der Waals surface area contributed by atoms with Crippen LogP contribution in [-0.4, -0.2) is 42.8 Å². The molecule has 0 saturated heterocycles. The quantitative estimate of drug-likeness (QED) is 0.496. The highest BCUT2D eigenvalue weighted by molar-refractivity contribution is 5.84. The van der Waals surface area contributed by atoms with Gasteiger partial charge in [-0.15, -0.1) is 0 Å². The van der Waals surface area contributed by atoms with Crippen molar-refractivity contribution in [3.63, 3.8) is 0 Å². The molecule has 7 nitrogen and oxygen atoms in total. The van der Waals surface area contributed by atoms with E-state index in [1.54, 1.807) is 0 Å². The van der Waals surface area contributed by atoms with Gasteiger partial charge < -0.3 is 20.5 Å². The summed E-state index contributed by atoms with van der Waals surface area (Å²) < 4.78 is 5.62. The summed E-state index contributed by atoms with van der Waals surface area (Å²) in [6.45, 7) is 0.836. The van der Waals surface area contributed by atoms with Crippen LogP contribution in [0.2, 0.25) is 0 Å². The molecule has 2 aromatic rings. The lowest BCUT2D eigenvalue weighted by atomic mass is 9.65. The number of hydrogen-bond acceptors (Lipinski definition) is 4. The zero-order valence-corrected chi connectivity index (χ0v) is 19.8. The normalized spacial score (nSPS) is 18.9. The van der Waals surface area contributed by atoms with Crippen molar-refractivity contribution >= 4 is 18.0 Å². The topological polar surface area (TPSA) is 105 Å². The van der Waals surface area contributed by atoms with E-state index in [9.17, 15) is 19.5 Å². The zero-order chi connectivity index (χ0) is 24.5. The molecule has 184 valence electrons. The third kappa shape index (κ3) is 4.51. The van der Waals surface area contributed by atoms with Crippen molar-refractivity contribution in [2.45, 2.75) is 50.9 Å². The summed E-state index contributed by atoms with van der Waals surface area (Å²) in [4.78, 5) is 36.8. The number of carbonyl (C=O) groups excluding carboxylic acids is 2. The summed E-state index contributed by atoms with van der Waals surface area (Å²) in [6, 6.07) is 16.4. The standard InChI is InChI=1S/C28H32N2O5/c31-24(32)15-27(11-5-12-27)17-29-25(33)28(13-6-14-28)18-30-26(34)35-16-23-21-9-3-1-7-19(21)20-8-2-4-10-22(20)23/h1-4,7-10,23H,5-6,11-18H2,(H,29,33)(H,30,34)(H,31,32). The third-order valence-corrected chi connectivity index (χ3v) is 8.27. The van der Waals surface area contributed by atoms with Crippen LogP contribution in [0.3, 0.4) is 0 Å². The lowest BCUT2D eigenvalue weighted by Crippen LogP contribution is -2.55. The predicted molar refractivity (Wildman–Crippen MR) is 131 cm³/mol. The first-order valence-corrected chi connectivity index (χ1v) is 12.5. The average Bonchev–Trinajstić information content (AvgIpc) is 3.12. The van der Waals surface area contributed by atoms with E-state index >= 15 is 0 Å². The molecule has 0 aliphatic heterocycles. The van der Waals surface area contributed by atoms with Gasteiger partial charge in [-0.25, -0.2) is 4.79 Å². The van der Waals surface area contributed by atoms with Crippen molar-refractivity contribution in [3.05, 3.63) is 59.7 Å². The summed E-state index contributed by atoms with van der Waals surface area (Å²) in [5, 5.41) is 15.0. The summed E-state index contributed by atoms with van der Waals surface area (Å²) in [7, 11) is 0. The summed E-state index contributed by atoms with van der Waals surface area (Å²) in [5.74, 6) is -0.935. The zero-order valence-electron chi connectivity index (χ0n) is 19.8. The molecule has 0 radical (unpaired) electrons. The molecule has 0 heterocycles. The predicted octanol–water partition coefficient (Wildman–Crippen LogP) is 4.46. The molecule has 0 aromatic heterocycles. The van der Waals surface area contributed by atoms with Crippen molar-refractivity contribution in [2.24, 2.45) is 10.8 Å². The van der Waals surface area contributed by atoms with Crippen LogP contribution < -0.4 is 10.6 Å². The van der Waals surface area contributed by atoms with Gasteiger partial charge in [-0.1, -0.05) is 61.4 Å². The van der Waals surface area contributed by atoms with Crippen molar-refractivity contribution in [3.8, 4) is 11.1 Å². The second-order valence-corrected chi connectivity index (χ2v) is 10.4. The van der Waals surface area contributed by atoms with Crippen molar-refractivity contribution < 1.29 is 24.2 Å². The van der Waals surface area contributed by atoms with Gasteiger partial charge in [0.15, 0.2) is 0 Å². The largest absolute Gasteiger partial charge is 0.481 e. The molecule has 2 fully saturated rings. The molecular weight excluding hydrogens is 444 g/mol. The molecule has 7 heteroatoms. The van der Waals surface area contributed by atoms with Gasteiger partial charge >= 0.3 is 12.1 Å². The van der Waals surface area contributed by atoms with Crippen LogP contribution in [0.25, 0.3) is 11.1 Å². The Morgan fingerprint density at radius 3 is 1.97 bits per heavy atom. The molecule has 0 unspecified atom stereocenters. The van der Waals surface area contributed by atoms with Gasteiger partial charge in [0.2, 0.25) is 5.91 Å². The Balaban J connectivity index is 1.15. The number of hydrogen-bond donors (Lipinski definition) is 3. The van der Waals surface area contributed by atoms with E-state index in [1.165, 1.54) is 11.1 Å². The molecule has 3 N–H and O–H groups in total. The first-order chi connectivity index (χ1) is 16.9. The van der Waals surface area contributed by atoms with Crippen LogP contribution in [-0.2, 0) is 14.3 Å². The molecule has 0 bridgehead atoms. The Morgan fingerprint density at radius 1 is 0.857 bits per heavy atom. The van der Waals surface area contributed by atoms with Gasteiger partial charge in [0.25, 0.3) is 0 Å². The second-order valence-electron chi connectivity index (χ2n) is 10.4. The highest BCUT2D eigenvalue weighted by atomic mass is 16.5. The van der Waals surface area contributed by atoms with E-state index in [4.69, 9.17) is 4.74 Å². The molecule has 35 heavy (non-hydrogen) atoms. The van der Waals surface area contributed by atoms with E-state index < -0.39 is 17.5 Å². The van der Waals surface area contributed by atoms with Crippen molar-refractivity contribution in [1.29, 1.82) is 0 Å². The first kappa shape index (κ1) is 23.4. The van der Waals surface area contributed by atoms with E-state index in [1.807, 2.05) is 24.3 Å². The monoisotopic (exact) mass is 476 g/mol. The fourth-order valence-electron chi connectivity index (χ4n) is 5.85. The number of carboxylic acids is 1. The van der Waals surface area contributed by atoms with Gasteiger partial charge in [-0.2, -0.15) is 0 Å². The molecule has 0 spiro atoms. The molecule has 3 aliphatic rings. The molecule has 5 rings (SSSR count). The number of alkyl carbamates (subject to hydrolysis) is 1. The number of ether oxygens (including phenoxy) is 1. The number of benzene rings is 2. The Labute approximate surface area is 205 Å². The average molecular weight is 477 g/mol. The van der Waals surface area contributed by atoms with Gasteiger partial charge in [0.05, 0.1) is 11.8 Å². The minimum Gasteiger partial charge on any atom is -0.481 e. The van der Waals surface area contributed by atoms with Gasteiger partial charge in [0.1, 0.15) is 6.61 Å². The van der Waals surface area contributed by atoms with Crippen LogP contribution in [0.4, 0.5) is 4.79 Å². The minimum atomic E-state index is -0.825. The maximum absolute atomic E-state index is 13.0. The van der Waals surface area contributed by atoms with E-state index in [2.05, 4.69) is 34.9 Å². The van der Waals surface area contributed by atoms with Crippen LogP contribution in [0.1, 0.15) is 62.0 Å². The maximum Gasteiger partial charge on any atom is 0.407 e. The lowest BCUT2D eigenvalue weighted by Gasteiger charge is -2.44. The number of aliphatic carboxylic acids is 1. The van der Waals surface area contributed by atoms with E-state index in [0.29, 0.717) is 19.4 Å². The van der Waals surface area contributed by atoms with Gasteiger partial charge in [-0.3, -0.25) is 9.59 Å². The van der Waals surface area contributed by atoms with Crippen LogP contribution >= 0.6 is 0 Å². The Morgan fingerprint density at radius 2 is 1.46 bits per heavy atom. The van der Waals surface area contributed by atoms with Gasteiger partial charge in [-0.05, 0) is 53.4 Å².